The van der Waals surface area contributed by atoms with Crippen LogP contribution in [-0.2, 0) is 9.53 Å². The maximum absolute atomic E-state index is 10.7. The molecule has 0 amide bonds. The van der Waals surface area contributed by atoms with E-state index in [-0.39, 0.29) is 5.60 Å². The molecule has 0 spiro atoms. The standard InChI is InChI=1S/C16H27ClO2/c1-13(10-7-11-16(3,4)19-5)8-6-9-14(2)12-15(17)18/h6,9,12-13H,7-8,10-11H2,1-5H3. The number of carbonyl (C=O) groups is 1. The first-order valence-electron chi connectivity index (χ1n) is 6.86. The molecule has 2 nitrogen and oxygen atoms in total. The largest absolute Gasteiger partial charge is 0.379 e. The van der Waals surface area contributed by atoms with Crippen molar-refractivity contribution in [3.8, 4) is 0 Å². The van der Waals surface area contributed by atoms with Crippen molar-refractivity contribution in [2.24, 2.45) is 5.92 Å². The lowest BCUT2D eigenvalue weighted by molar-refractivity contribution is -0.107. The first kappa shape index (κ1) is 18.4. The maximum atomic E-state index is 10.7. The second-order valence-electron chi connectivity index (χ2n) is 5.79. The summed E-state index contributed by atoms with van der Waals surface area (Å²) in [5.41, 5.74) is 0.878. The van der Waals surface area contributed by atoms with Gasteiger partial charge in [0, 0.05) is 13.2 Å². The first-order chi connectivity index (χ1) is 8.76. The Morgan fingerprint density at radius 1 is 1.42 bits per heavy atom. The van der Waals surface area contributed by atoms with Gasteiger partial charge in [-0.2, -0.15) is 0 Å². The van der Waals surface area contributed by atoms with Crippen LogP contribution in [0.15, 0.2) is 23.8 Å². The molecular weight excluding hydrogens is 260 g/mol. The zero-order valence-electron chi connectivity index (χ0n) is 12.8. The van der Waals surface area contributed by atoms with Gasteiger partial charge in [0.15, 0.2) is 0 Å². The minimum absolute atomic E-state index is 0.0183. The fourth-order valence-electron chi connectivity index (χ4n) is 1.81. The molecule has 0 aromatic rings. The summed E-state index contributed by atoms with van der Waals surface area (Å²) in [4.78, 5) is 10.7. The molecule has 0 radical (unpaired) electrons. The number of carbonyl (C=O) groups excluding carboxylic acids is 1. The molecule has 0 N–H and O–H groups in total. The highest BCUT2D eigenvalue weighted by Gasteiger charge is 2.15. The lowest BCUT2D eigenvalue weighted by Gasteiger charge is -2.23. The van der Waals surface area contributed by atoms with E-state index in [0.717, 1.165) is 18.4 Å². The predicted octanol–water partition coefficient (Wildman–Crippen LogP) is 4.88. The van der Waals surface area contributed by atoms with Crippen molar-refractivity contribution in [1.29, 1.82) is 0 Å². The first-order valence-corrected chi connectivity index (χ1v) is 7.24. The highest BCUT2D eigenvalue weighted by molar-refractivity contribution is 6.66. The molecule has 0 aromatic heterocycles. The van der Waals surface area contributed by atoms with Crippen LogP contribution < -0.4 is 0 Å². The predicted molar refractivity (Wildman–Crippen MR) is 82.5 cm³/mol. The van der Waals surface area contributed by atoms with Crippen LogP contribution in [-0.4, -0.2) is 18.0 Å². The molecule has 0 aliphatic heterocycles. The van der Waals surface area contributed by atoms with Crippen molar-refractivity contribution in [3.63, 3.8) is 0 Å². The fourth-order valence-corrected chi connectivity index (χ4v) is 1.98. The van der Waals surface area contributed by atoms with Gasteiger partial charge in [-0.05, 0) is 56.7 Å². The average Bonchev–Trinajstić information content (AvgIpc) is 2.27. The summed E-state index contributed by atoms with van der Waals surface area (Å²) in [5.74, 6) is 0.642. The Hall–Kier alpha value is -0.600. The van der Waals surface area contributed by atoms with Gasteiger partial charge in [0.25, 0.3) is 0 Å². The Kier molecular flexibility index (Phi) is 9.03. The Bertz CT molecular complexity index is 330. The maximum Gasteiger partial charge on any atom is 0.245 e. The zero-order chi connectivity index (χ0) is 14.9. The second kappa shape index (κ2) is 9.33. The van der Waals surface area contributed by atoms with Crippen LogP contribution >= 0.6 is 11.6 Å². The molecule has 0 aliphatic carbocycles. The van der Waals surface area contributed by atoms with Gasteiger partial charge >= 0.3 is 0 Å². The van der Waals surface area contributed by atoms with Crippen LogP contribution in [0.2, 0.25) is 0 Å². The molecule has 0 aromatic carbocycles. The van der Waals surface area contributed by atoms with Gasteiger partial charge in [-0.3, -0.25) is 4.79 Å². The van der Waals surface area contributed by atoms with Crippen molar-refractivity contribution in [1.82, 2.24) is 0 Å². The Labute approximate surface area is 122 Å². The monoisotopic (exact) mass is 286 g/mol. The number of methoxy groups -OCH3 is 1. The normalized spacial score (nSPS) is 14.9. The smallest absolute Gasteiger partial charge is 0.245 e. The summed E-state index contributed by atoms with van der Waals surface area (Å²) in [6.45, 7) is 8.36. The Morgan fingerprint density at radius 3 is 2.58 bits per heavy atom. The molecule has 110 valence electrons. The molecule has 1 atom stereocenters. The molecule has 0 rings (SSSR count). The number of hydrogen-bond acceptors (Lipinski definition) is 2. The molecule has 0 fully saturated rings. The van der Waals surface area contributed by atoms with Crippen LogP contribution in [0, 0.1) is 5.92 Å². The van der Waals surface area contributed by atoms with E-state index in [1.807, 2.05) is 13.0 Å². The summed E-state index contributed by atoms with van der Waals surface area (Å²) in [6.07, 6.45) is 9.96. The van der Waals surface area contributed by atoms with Crippen molar-refractivity contribution in [2.45, 2.75) is 59.0 Å². The lowest BCUT2D eigenvalue weighted by atomic mass is 9.95. The van der Waals surface area contributed by atoms with Crippen LogP contribution in [0.5, 0.6) is 0 Å². The third-order valence-electron chi connectivity index (χ3n) is 3.29. The van der Waals surface area contributed by atoms with E-state index in [1.54, 1.807) is 7.11 Å². The number of rotatable bonds is 9. The SMILES string of the molecule is COC(C)(C)CCCC(C)CC=CC(C)=CC(=O)Cl. The molecule has 0 bridgehead atoms. The van der Waals surface area contributed by atoms with Crippen LogP contribution in [0.3, 0.4) is 0 Å². The molecule has 3 heteroatoms. The minimum atomic E-state index is -0.419. The topological polar surface area (TPSA) is 26.3 Å². The summed E-state index contributed by atoms with van der Waals surface area (Å²) < 4.78 is 5.40. The minimum Gasteiger partial charge on any atom is -0.379 e. The van der Waals surface area contributed by atoms with Gasteiger partial charge < -0.3 is 4.74 Å². The zero-order valence-corrected chi connectivity index (χ0v) is 13.6. The highest BCUT2D eigenvalue weighted by atomic mass is 35.5. The van der Waals surface area contributed by atoms with E-state index in [1.165, 1.54) is 18.9 Å². The molecule has 0 aliphatic rings. The number of hydrogen-bond donors (Lipinski definition) is 0. The summed E-state index contributed by atoms with van der Waals surface area (Å²) in [7, 11) is 1.76. The third kappa shape index (κ3) is 11.0. The molecule has 19 heavy (non-hydrogen) atoms. The van der Waals surface area contributed by atoms with Crippen LogP contribution in [0.1, 0.15) is 53.4 Å². The van der Waals surface area contributed by atoms with Gasteiger partial charge in [0.05, 0.1) is 5.60 Å². The lowest BCUT2D eigenvalue weighted by Crippen LogP contribution is -2.22. The quantitative estimate of drug-likeness (QED) is 0.343. The van der Waals surface area contributed by atoms with Crippen molar-refractivity contribution in [3.05, 3.63) is 23.8 Å². The number of ether oxygens (including phenoxy) is 1. The van der Waals surface area contributed by atoms with Gasteiger partial charge in [0.2, 0.25) is 5.24 Å². The van der Waals surface area contributed by atoms with E-state index < -0.39 is 5.24 Å². The molecular formula is C16H27ClO2. The number of halogens is 1. The van der Waals surface area contributed by atoms with Crippen molar-refractivity contribution < 1.29 is 9.53 Å². The van der Waals surface area contributed by atoms with Crippen LogP contribution in [0.25, 0.3) is 0 Å². The van der Waals surface area contributed by atoms with Crippen molar-refractivity contribution >= 4 is 16.8 Å². The van der Waals surface area contributed by atoms with E-state index >= 15 is 0 Å². The van der Waals surface area contributed by atoms with Gasteiger partial charge in [-0.25, -0.2) is 0 Å². The van der Waals surface area contributed by atoms with E-state index in [2.05, 4.69) is 26.8 Å². The summed E-state index contributed by atoms with van der Waals surface area (Å²) in [5, 5.41) is -0.419. The number of allylic oxidation sites excluding steroid dienone is 4. The average molecular weight is 287 g/mol. The van der Waals surface area contributed by atoms with E-state index in [9.17, 15) is 4.79 Å². The molecule has 0 saturated heterocycles. The molecule has 1 unspecified atom stereocenters. The second-order valence-corrected chi connectivity index (χ2v) is 6.16. The van der Waals surface area contributed by atoms with Gasteiger partial charge in [-0.15, -0.1) is 0 Å². The third-order valence-corrected chi connectivity index (χ3v) is 3.40. The van der Waals surface area contributed by atoms with Crippen LogP contribution in [0.4, 0.5) is 0 Å². The van der Waals surface area contributed by atoms with E-state index in [4.69, 9.17) is 16.3 Å². The van der Waals surface area contributed by atoms with Crippen molar-refractivity contribution in [2.75, 3.05) is 7.11 Å². The highest BCUT2D eigenvalue weighted by Crippen LogP contribution is 2.20. The fraction of sp³-hybridized carbons (Fsp3) is 0.688. The summed E-state index contributed by atoms with van der Waals surface area (Å²) >= 11 is 5.28. The molecule has 0 saturated carbocycles. The van der Waals surface area contributed by atoms with Gasteiger partial charge in [-0.1, -0.05) is 31.9 Å². The van der Waals surface area contributed by atoms with E-state index in [0.29, 0.717) is 5.92 Å². The molecule has 0 heterocycles. The summed E-state index contributed by atoms with van der Waals surface area (Å²) in [6, 6.07) is 0. The Balaban J connectivity index is 3.91. The van der Waals surface area contributed by atoms with Gasteiger partial charge in [0.1, 0.15) is 0 Å². The Morgan fingerprint density at radius 2 is 2.05 bits per heavy atom.